The lowest BCUT2D eigenvalue weighted by Crippen LogP contribution is -2.56. The van der Waals surface area contributed by atoms with E-state index in [1.807, 2.05) is 18.2 Å². The van der Waals surface area contributed by atoms with Crippen molar-refractivity contribution in [2.75, 3.05) is 56.0 Å². The van der Waals surface area contributed by atoms with E-state index in [9.17, 15) is 31.1 Å². The van der Waals surface area contributed by atoms with Crippen LogP contribution in [0.3, 0.4) is 0 Å². The van der Waals surface area contributed by atoms with Crippen LogP contribution >= 0.6 is 0 Å². The molecule has 1 aromatic heterocycles. The summed E-state index contributed by atoms with van der Waals surface area (Å²) < 4.78 is 98.7. The van der Waals surface area contributed by atoms with E-state index < -0.39 is 42.6 Å². The molecule has 0 saturated heterocycles. The van der Waals surface area contributed by atoms with Gasteiger partial charge < -0.3 is 30.2 Å². The fourth-order valence-corrected chi connectivity index (χ4v) is 5.38. The number of nitrogens with zero attached hydrogens (tertiary/aromatic N) is 1. The number of hydrogen-bond acceptors (Lipinski definition) is 7. The Kier molecular flexibility index (Phi) is 9.56. The van der Waals surface area contributed by atoms with Crippen molar-refractivity contribution in [2.24, 2.45) is 11.8 Å². The summed E-state index contributed by atoms with van der Waals surface area (Å²) >= 11 is 0. The van der Waals surface area contributed by atoms with Gasteiger partial charge in [-0.2, -0.15) is 26.3 Å². The number of aromatic nitrogens is 1. The van der Waals surface area contributed by atoms with Gasteiger partial charge in [0.25, 0.3) is 11.5 Å². The molecule has 3 aromatic rings. The molecule has 1 fully saturated rings. The lowest BCUT2D eigenvalue weighted by Gasteiger charge is -2.37. The highest BCUT2D eigenvalue weighted by Gasteiger charge is 2.73. The van der Waals surface area contributed by atoms with Crippen LogP contribution in [0.4, 0.5) is 49.2 Å². The Hall–Kier alpha value is -3.88. The van der Waals surface area contributed by atoms with Crippen molar-refractivity contribution in [1.29, 1.82) is 0 Å². The summed E-state index contributed by atoms with van der Waals surface area (Å²) in [4.78, 5) is 17.4. The lowest BCUT2D eigenvalue weighted by atomic mass is 9.91. The van der Waals surface area contributed by atoms with Crippen LogP contribution in [0.25, 0.3) is 0 Å². The molecule has 0 spiro atoms. The highest BCUT2D eigenvalue weighted by atomic mass is 19.4. The molecule has 2 atom stereocenters. The summed E-state index contributed by atoms with van der Waals surface area (Å²) in [6.07, 6.45) is -7.99. The number of methoxy groups -OCH3 is 1. The van der Waals surface area contributed by atoms with Gasteiger partial charge in [-0.15, -0.1) is 0 Å². The van der Waals surface area contributed by atoms with Crippen LogP contribution in [0.2, 0.25) is 0 Å². The van der Waals surface area contributed by atoms with Gasteiger partial charge in [-0.1, -0.05) is 18.2 Å². The number of amides is 1. The zero-order chi connectivity index (χ0) is 32.2. The predicted octanol–water partition coefficient (Wildman–Crippen LogP) is 6.68. The van der Waals surface area contributed by atoms with E-state index in [1.54, 1.807) is 0 Å². The summed E-state index contributed by atoms with van der Waals surface area (Å²) in [5.74, 6) is 0.936. The average molecular weight is 639 g/mol. The Morgan fingerprint density at radius 3 is 2.36 bits per heavy atom. The largest absolute Gasteiger partial charge is 0.430 e. The van der Waals surface area contributed by atoms with Gasteiger partial charge in [0.2, 0.25) is 0 Å². The Bertz CT molecular complexity index is 1470. The van der Waals surface area contributed by atoms with Gasteiger partial charge in [0.05, 0.1) is 32.0 Å². The van der Waals surface area contributed by atoms with E-state index in [2.05, 4.69) is 25.7 Å². The van der Waals surface area contributed by atoms with E-state index in [0.29, 0.717) is 29.7 Å². The minimum absolute atomic E-state index is 0.0290. The van der Waals surface area contributed by atoms with E-state index >= 15 is 0 Å². The van der Waals surface area contributed by atoms with Crippen molar-refractivity contribution in [3.8, 4) is 0 Å². The predicted molar refractivity (Wildman–Crippen MR) is 155 cm³/mol. The molecule has 8 nitrogen and oxygen atoms in total. The maximum atomic E-state index is 14.1. The molecule has 45 heavy (non-hydrogen) atoms. The minimum atomic E-state index is -5.86. The molecular weight excluding hydrogens is 606 g/mol. The number of halogens is 6. The quantitative estimate of drug-likeness (QED) is 0.151. The van der Waals surface area contributed by atoms with Gasteiger partial charge >= 0.3 is 12.4 Å². The second kappa shape index (κ2) is 13.2. The number of pyridine rings is 1. The third kappa shape index (κ3) is 7.18. The summed E-state index contributed by atoms with van der Waals surface area (Å²) in [5.41, 5.74) is -2.82. The first-order valence-corrected chi connectivity index (χ1v) is 14.3. The van der Waals surface area contributed by atoms with Gasteiger partial charge in [-0.3, -0.25) is 4.79 Å². The smallest absolute Gasteiger partial charge is 0.384 e. The van der Waals surface area contributed by atoms with Crippen molar-refractivity contribution in [3.63, 3.8) is 0 Å². The monoisotopic (exact) mass is 638 g/mol. The van der Waals surface area contributed by atoms with Crippen LogP contribution in [-0.4, -0.2) is 63.3 Å². The van der Waals surface area contributed by atoms with Crippen LogP contribution in [0.1, 0.15) is 27.9 Å². The summed E-state index contributed by atoms with van der Waals surface area (Å²) in [5, 5.41) is 9.12. The fourth-order valence-electron chi connectivity index (χ4n) is 5.38. The Morgan fingerprint density at radius 1 is 0.933 bits per heavy atom. The number of benzene rings is 2. The molecule has 1 aliphatic carbocycles. The summed E-state index contributed by atoms with van der Waals surface area (Å²) in [7, 11) is 1.37. The molecule has 0 radical (unpaired) electrons. The average Bonchev–Trinajstić information content (AvgIpc) is 3.75. The lowest BCUT2D eigenvalue weighted by molar-refractivity contribution is -0.390. The van der Waals surface area contributed by atoms with E-state index in [-0.39, 0.29) is 30.3 Å². The summed E-state index contributed by atoms with van der Waals surface area (Å²) in [6, 6.07) is 12.0. The Balaban J connectivity index is 1.31. The number of ether oxygens (including phenoxy) is 3. The number of carbonyl (C=O) groups is 1. The second-order valence-corrected chi connectivity index (χ2v) is 10.9. The molecule has 1 aliphatic heterocycles. The number of rotatable bonds is 12. The molecule has 3 N–H and O–H groups in total. The highest BCUT2D eigenvalue weighted by molar-refractivity contribution is 6.07. The van der Waals surface area contributed by atoms with Gasteiger partial charge in [-0.05, 0) is 66.6 Å². The molecule has 5 rings (SSSR count). The van der Waals surface area contributed by atoms with Gasteiger partial charge in [0.15, 0.2) is 0 Å². The number of carbonyl (C=O) groups excluding carboxylic acids is 1. The molecule has 2 aromatic carbocycles. The van der Waals surface area contributed by atoms with Gasteiger partial charge in [-0.25, -0.2) is 4.98 Å². The molecule has 1 saturated carbocycles. The van der Waals surface area contributed by atoms with Crippen molar-refractivity contribution in [1.82, 2.24) is 4.98 Å². The van der Waals surface area contributed by atoms with Crippen molar-refractivity contribution < 1.29 is 45.3 Å². The molecule has 242 valence electrons. The second-order valence-electron chi connectivity index (χ2n) is 10.9. The highest BCUT2D eigenvalue weighted by Crippen LogP contribution is 2.53. The minimum Gasteiger partial charge on any atom is -0.384 e. The number of anilines is 4. The van der Waals surface area contributed by atoms with Crippen LogP contribution in [0.15, 0.2) is 60.8 Å². The summed E-state index contributed by atoms with van der Waals surface area (Å²) in [6.45, 7) is -0.521. The Labute approximate surface area is 255 Å². The van der Waals surface area contributed by atoms with Crippen LogP contribution in [-0.2, 0) is 26.2 Å². The van der Waals surface area contributed by atoms with Crippen molar-refractivity contribution in [2.45, 2.75) is 30.8 Å². The first-order chi connectivity index (χ1) is 21.4. The molecule has 14 heteroatoms. The molecule has 2 aliphatic rings. The van der Waals surface area contributed by atoms with Crippen LogP contribution in [0, 0.1) is 11.8 Å². The van der Waals surface area contributed by atoms with Crippen molar-refractivity contribution in [3.05, 3.63) is 77.5 Å². The van der Waals surface area contributed by atoms with E-state index in [1.165, 1.54) is 37.4 Å². The maximum absolute atomic E-state index is 14.1. The number of hydrogen-bond donors (Lipinski definition) is 3. The number of alkyl halides is 6. The third-order valence-electron chi connectivity index (χ3n) is 7.86. The van der Waals surface area contributed by atoms with E-state index in [0.717, 1.165) is 30.8 Å². The topological polar surface area (TPSA) is 93.7 Å². The number of nitrogens with one attached hydrogen (secondary N) is 3. The van der Waals surface area contributed by atoms with Crippen molar-refractivity contribution >= 4 is 28.8 Å². The fraction of sp³-hybridized carbons (Fsp3) is 0.419. The molecule has 0 bridgehead atoms. The first kappa shape index (κ1) is 32.5. The first-order valence-electron chi connectivity index (χ1n) is 14.3. The molecular formula is C31H32F6N4O4. The molecule has 2 heterocycles. The normalized spacial score (nSPS) is 17.8. The Morgan fingerprint density at radius 2 is 1.64 bits per heavy atom. The molecule has 1 amide bonds. The van der Waals surface area contributed by atoms with Gasteiger partial charge in [0.1, 0.15) is 5.82 Å². The number of fused-ring (bicyclic) bond motifs is 2. The van der Waals surface area contributed by atoms with Crippen LogP contribution in [0.5, 0.6) is 0 Å². The maximum Gasteiger partial charge on any atom is 0.430 e. The van der Waals surface area contributed by atoms with Gasteiger partial charge in [0, 0.05) is 42.5 Å². The standard InChI is InChI=1S/C31H32F6N4O4/c1-43-11-12-44-13-14-45-29(30(32,33)34,31(35,36)37)22-5-8-23(9-6-22)41-28(42)25-3-2-10-38-27(25)40-24-7-4-19-15-20-16-21(20)18-39-26(19)17-24/h2-10,17,20-21,39H,11-16,18H2,1H3,(H,38,40)(H,41,42). The third-order valence-corrected chi connectivity index (χ3v) is 7.86. The zero-order valence-corrected chi connectivity index (χ0v) is 24.2. The van der Waals surface area contributed by atoms with E-state index in [4.69, 9.17) is 9.47 Å². The zero-order valence-electron chi connectivity index (χ0n) is 24.2. The van der Waals surface area contributed by atoms with Crippen LogP contribution < -0.4 is 16.0 Å². The SMILES string of the molecule is COCCOCCOC(c1ccc(NC(=O)c2cccnc2Nc2ccc3c(c2)NCC2CC2C3)cc1)(C(F)(F)F)C(F)(F)F. The molecule has 2 unspecified atom stereocenters.